The summed E-state index contributed by atoms with van der Waals surface area (Å²) in [6.45, 7) is 2.35. The first-order valence-electron chi connectivity index (χ1n) is 9.29. The maximum Gasteiger partial charge on any atom is 0.229 e. The fourth-order valence-corrected chi connectivity index (χ4v) is 3.53. The van der Waals surface area contributed by atoms with Crippen LogP contribution >= 0.6 is 24.8 Å². The number of benzene rings is 1. The fourth-order valence-electron chi connectivity index (χ4n) is 3.53. The number of methoxy groups -OCH3 is 1. The highest BCUT2D eigenvalue weighted by atomic mass is 35.5. The van der Waals surface area contributed by atoms with Gasteiger partial charge in [-0.2, -0.15) is 0 Å². The van der Waals surface area contributed by atoms with Crippen LogP contribution < -0.4 is 20.5 Å². The van der Waals surface area contributed by atoms with E-state index in [-0.39, 0.29) is 36.6 Å². The Morgan fingerprint density at radius 3 is 2.59 bits per heavy atom. The van der Waals surface area contributed by atoms with Crippen molar-refractivity contribution in [2.24, 2.45) is 11.7 Å². The van der Waals surface area contributed by atoms with Crippen LogP contribution in [-0.2, 0) is 11.4 Å². The number of hydrogen-bond donors (Lipinski definition) is 2. The zero-order chi connectivity index (χ0) is 19.3. The summed E-state index contributed by atoms with van der Waals surface area (Å²) in [5.41, 5.74) is 7.57. The molecular weight excluding hydrogens is 413 g/mol. The van der Waals surface area contributed by atoms with Crippen LogP contribution in [0.5, 0.6) is 11.5 Å². The number of rotatable bonds is 6. The van der Waals surface area contributed by atoms with Gasteiger partial charge in [-0.25, -0.2) is 0 Å². The lowest BCUT2D eigenvalue weighted by Crippen LogP contribution is -2.51. The van der Waals surface area contributed by atoms with Gasteiger partial charge in [-0.3, -0.25) is 9.78 Å². The molecule has 1 aliphatic carbocycles. The summed E-state index contributed by atoms with van der Waals surface area (Å²) >= 11 is 0. The molecule has 0 aliphatic heterocycles. The Balaban J connectivity index is 0.00000210. The van der Waals surface area contributed by atoms with Crippen LogP contribution in [0.3, 0.4) is 0 Å². The van der Waals surface area contributed by atoms with Crippen LogP contribution in [0.2, 0.25) is 0 Å². The molecule has 1 aromatic carbocycles. The average molecular weight is 442 g/mol. The number of carbonyl (C=O) groups excluding carboxylic acids is 1. The molecule has 1 aromatic heterocycles. The minimum Gasteiger partial charge on any atom is -0.493 e. The van der Waals surface area contributed by atoms with Crippen molar-refractivity contribution in [3.05, 3.63) is 48.3 Å². The molecule has 6 nitrogen and oxygen atoms in total. The quantitative estimate of drug-likeness (QED) is 0.694. The van der Waals surface area contributed by atoms with E-state index in [1.54, 1.807) is 31.6 Å². The van der Waals surface area contributed by atoms with Gasteiger partial charge in [-0.15, -0.1) is 24.8 Å². The molecule has 3 N–H and O–H groups in total. The van der Waals surface area contributed by atoms with E-state index < -0.39 is 5.54 Å². The number of anilines is 1. The first kappa shape index (κ1) is 25.0. The lowest BCUT2D eigenvalue weighted by Gasteiger charge is -2.37. The van der Waals surface area contributed by atoms with Crippen LogP contribution in [-0.4, -0.2) is 23.5 Å². The SMILES string of the molecule is COc1ccc(NC(=O)C2CCCCC2(C)N)cc1OCc1ccncc1.Cl.Cl. The van der Waals surface area contributed by atoms with Gasteiger partial charge in [-0.1, -0.05) is 12.8 Å². The molecule has 2 atom stereocenters. The van der Waals surface area contributed by atoms with Gasteiger partial charge in [0.2, 0.25) is 5.91 Å². The molecule has 1 aliphatic rings. The molecule has 1 saturated carbocycles. The van der Waals surface area contributed by atoms with Gasteiger partial charge in [-0.05, 0) is 49.6 Å². The first-order valence-corrected chi connectivity index (χ1v) is 9.29. The largest absolute Gasteiger partial charge is 0.493 e. The van der Waals surface area contributed by atoms with Gasteiger partial charge in [0.15, 0.2) is 11.5 Å². The average Bonchev–Trinajstić information content (AvgIpc) is 2.67. The molecule has 2 unspecified atom stereocenters. The molecule has 29 heavy (non-hydrogen) atoms. The van der Waals surface area contributed by atoms with E-state index in [0.29, 0.717) is 23.8 Å². The number of ether oxygens (including phenoxy) is 2. The fraction of sp³-hybridized carbons (Fsp3) is 0.429. The third-order valence-electron chi connectivity index (χ3n) is 5.15. The molecule has 1 amide bonds. The normalized spacial score (nSPS) is 20.6. The van der Waals surface area contributed by atoms with E-state index in [1.807, 2.05) is 25.1 Å². The summed E-state index contributed by atoms with van der Waals surface area (Å²) in [5.74, 6) is 0.967. The first-order chi connectivity index (χ1) is 13.0. The summed E-state index contributed by atoms with van der Waals surface area (Å²) in [6, 6.07) is 9.17. The lowest BCUT2D eigenvalue weighted by atomic mass is 9.74. The highest BCUT2D eigenvalue weighted by Gasteiger charge is 2.37. The summed E-state index contributed by atoms with van der Waals surface area (Å²) in [5, 5.41) is 2.99. The number of pyridine rings is 1. The monoisotopic (exact) mass is 441 g/mol. The molecule has 8 heteroatoms. The van der Waals surface area contributed by atoms with E-state index in [1.165, 1.54) is 0 Å². The molecule has 0 spiro atoms. The van der Waals surface area contributed by atoms with Crippen molar-refractivity contribution in [3.8, 4) is 11.5 Å². The van der Waals surface area contributed by atoms with E-state index in [0.717, 1.165) is 31.2 Å². The zero-order valence-electron chi connectivity index (χ0n) is 16.7. The summed E-state index contributed by atoms with van der Waals surface area (Å²) < 4.78 is 11.3. The molecule has 3 rings (SSSR count). The molecule has 0 saturated heterocycles. The molecule has 0 bridgehead atoms. The second-order valence-corrected chi connectivity index (χ2v) is 7.30. The standard InChI is InChI=1S/C21H27N3O3.2ClH/c1-21(22)10-4-3-5-17(21)20(25)24-16-6-7-18(26-2)19(13-16)27-14-15-8-11-23-12-9-15;;/h6-9,11-13,17H,3-5,10,14,22H2,1-2H3,(H,24,25);2*1H. The van der Waals surface area contributed by atoms with Crippen LogP contribution in [0, 0.1) is 5.92 Å². The Bertz CT molecular complexity index is 788. The second kappa shape index (κ2) is 11.2. The second-order valence-electron chi connectivity index (χ2n) is 7.30. The summed E-state index contributed by atoms with van der Waals surface area (Å²) in [7, 11) is 1.59. The van der Waals surface area contributed by atoms with Crippen molar-refractivity contribution in [3.63, 3.8) is 0 Å². The summed E-state index contributed by atoms with van der Waals surface area (Å²) in [4.78, 5) is 16.8. The number of amides is 1. The maximum atomic E-state index is 12.8. The number of halogens is 2. The Morgan fingerprint density at radius 1 is 1.21 bits per heavy atom. The van der Waals surface area contributed by atoms with E-state index in [9.17, 15) is 4.79 Å². The number of nitrogens with zero attached hydrogens (tertiary/aromatic N) is 1. The van der Waals surface area contributed by atoms with Crippen molar-refractivity contribution in [2.45, 2.75) is 44.8 Å². The molecule has 1 heterocycles. The highest BCUT2D eigenvalue weighted by Crippen LogP contribution is 2.34. The van der Waals surface area contributed by atoms with Crippen molar-refractivity contribution >= 4 is 36.4 Å². The third kappa shape index (κ3) is 6.49. The Morgan fingerprint density at radius 2 is 1.93 bits per heavy atom. The number of nitrogens with two attached hydrogens (primary N) is 1. The summed E-state index contributed by atoms with van der Waals surface area (Å²) in [6.07, 6.45) is 7.25. The zero-order valence-corrected chi connectivity index (χ0v) is 18.4. The van der Waals surface area contributed by atoms with Crippen molar-refractivity contribution in [1.29, 1.82) is 0 Å². The van der Waals surface area contributed by atoms with Gasteiger partial charge in [0, 0.05) is 29.7 Å². The van der Waals surface area contributed by atoms with Gasteiger partial charge in [0.25, 0.3) is 0 Å². The molecular formula is C21H29Cl2N3O3. The Hall–Kier alpha value is -2.02. The molecule has 160 valence electrons. The van der Waals surface area contributed by atoms with E-state index in [4.69, 9.17) is 15.2 Å². The molecule has 2 aromatic rings. The van der Waals surface area contributed by atoms with Crippen molar-refractivity contribution in [2.75, 3.05) is 12.4 Å². The number of aromatic nitrogens is 1. The molecule has 1 fully saturated rings. The number of nitrogens with one attached hydrogen (secondary N) is 1. The van der Waals surface area contributed by atoms with Gasteiger partial charge < -0.3 is 20.5 Å². The van der Waals surface area contributed by atoms with Crippen molar-refractivity contribution < 1.29 is 14.3 Å². The van der Waals surface area contributed by atoms with E-state index >= 15 is 0 Å². The van der Waals surface area contributed by atoms with Crippen LogP contribution in [0.4, 0.5) is 5.69 Å². The Kier molecular flexibility index (Phi) is 9.70. The Labute approximate surface area is 184 Å². The minimum atomic E-state index is -0.463. The minimum absolute atomic E-state index is 0. The smallest absolute Gasteiger partial charge is 0.229 e. The third-order valence-corrected chi connectivity index (χ3v) is 5.15. The van der Waals surface area contributed by atoms with Crippen LogP contribution in [0.25, 0.3) is 0 Å². The van der Waals surface area contributed by atoms with Crippen LogP contribution in [0.1, 0.15) is 38.2 Å². The molecule has 0 radical (unpaired) electrons. The van der Waals surface area contributed by atoms with Gasteiger partial charge >= 0.3 is 0 Å². The van der Waals surface area contributed by atoms with Crippen LogP contribution in [0.15, 0.2) is 42.7 Å². The van der Waals surface area contributed by atoms with Crippen molar-refractivity contribution in [1.82, 2.24) is 4.98 Å². The lowest BCUT2D eigenvalue weighted by molar-refractivity contribution is -0.122. The number of carbonyl (C=O) groups is 1. The number of hydrogen-bond acceptors (Lipinski definition) is 5. The predicted molar refractivity (Wildman–Crippen MR) is 119 cm³/mol. The van der Waals surface area contributed by atoms with Gasteiger partial charge in [0.05, 0.1) is 13.0 Å². The van der Waals surface area contributed by atoms with E-state index in [2.05, 4.69) is 10.3 Å². The predicted octanol–water partition coefficient (Wildman–Crippen LogP) is 4.36. The maximum absolute atomic E-state index is 12.8. The highest BCUT2D eigenvalue weighted by molar-refractivity contribution is 5.93. The van der Waals surface area contributed by atoms with Gasteiger partial charge in [0.1, 0.15) is 6.61 Å². The topological polar surface area (TPSA) is 86.5 Å².